The molecule has 2 nitrogen and oxygen atoms in total. The van der Waals surface area contributed by atoms with Crippen molar-refractivity contribution in [2.45, 2.75) is 20.3 Å². The van der Waals surface area contributed by atoms with Crippen LogP contribution in [0.3, 0.4) is 0 Å². The third kappa shape index (κ3) is 2.88. The number of carbonyl (C=O) groups excluding carboxylic acids is 1. The SMILES string of the molecule is Cc1cc(F)ccc1C(=O)CC(C)C#N. The molecule has 0 saturated carbocycles. The Morgan fingerprint density at radius 1 is 1.60 bits per heavy atom. The molecule has 0 aliphatic rings. The number of aryl methyl sites for hydroxylation is 1. The van der Waals surface area contributed by atoms with Crippen molar-refractivity contribution in [3.8, 4) is 6.07 Å². The second kappa shape index (κ2) is 4.70. The Bertz CT molecular complexity index is 420. The summed E-state index contributed by atoms with van der Waals surface area (Å²) in [6, 6.07) is 6.06. The minimum absolute atomic E-state index is 0.110. The Labute approximate surface area is 88.3 Å². The van der Waals surface area contributed by atoms with Gasteiger partial charge in [-0.3, -0.25) is 4.79 Å². The Morgan fingerprint density at radius 3 is 2.80 bits per heavy atom. The summed E-state index contributed by atoms with van der Waals surface area (Å²) in [5.41, 5.74) is 1.11. The first-order chi connectivity index (χ1) is 7.04. The van der Waals surface area contributed by atoms with Crippen LogP contribution in [-0.4, -0.2) is 5.78 Å². The van der Waals surface area contributed by atoms with Crippen LogP contribution in [-0.2, 0) is 0 Å². The zero-order valence-electron chi connectivity index (χ0n) is 8.75. The summed E-state index contributed by atoms with van der Waals surface area (Å²) in [4.78, 5) is 11.7. The van der Waals surface area contributed by atoms with Gasteiger partial charge >= 0.3 is 0 Å². The van der Waals surface area contributed by atoms with E-state index >= 15 is 0 Å². The third-order valence-corrected chi connectivity index (χ3v) is 2.20. The number of benzene rings is 1. The van der Waals surface area contributed by atoms with Crippen molar-refractivity contribution in [2.24, 2.45) is 5.92 Å². The highest BCUT2D eigenvalue weighted by Gasteiger charge is 2.13. The molecule has 1 unspecified atom stereocenters. The van der Waals surface area contributed by atoms with Crippen LogP contribution in [0.5, 0.6) is 0 Å². The lowest BCUT2D eigenvalue weighted by atomic mass is 9.97. The van der Waals surface area contributed by atoms with Crippen molar-refractivity contribution in [3.63, 3.8) is 0 Å². The van der Waals surface area contributed by atoms with E-state index < -0.39 is 0 Å². The topological polar surface area (TPSA) is 40.9 Å². The van der Waals surface area contributed by atoms with Gasteiger partial charge in [-0.05, 0) is 37.6 Å². The molecule has 3 heteroatoms. The summed E-state index contributed by atoms with van der Waals surface area (Å²) in [6.07, 6.45) is 0.184. The van der Waals surface area contributed by atoms with E-state index in [4.69, 9.17) is 5.26 Å². The number of nitriles is 1. The number of Topliss-reactive ketones (excluding diaryl/α,β-unsaturated/α-hetero) is 1. The molecule has 0 spiro atoms. The normalized spacial score (nSPS) is 11.9. The van der Waals surface area contributed by atoms with Crippen LogP contribution in [0.2, 0.25) is 0 Å². The van der Waals surface area contributed by atoms with Crippen molar-refractivity contribution in [1.82, 2.24) is 0 Å². The number of rotatable bonds is 3. The smallest absolute Gasteiger partial charge is 0.164 e. The monoisotopic (exact) mass is 205 g/mol. The first-order valence-corrected chi connectivity index (χ1v) is 4.73. The molecule has 1 atom stereocenters. The van der Waals surface area contributed by atoms with Gasteiger partial charge in [-0.2, -0.15) is 5.26 Å². The predicted octanol–water partition coefficient (Wildman–Crippen LogP) is 2.87. The maximum atomic E-state index is 12.8. The highest BCUT2D eigenvalue weighted by molar-refractivity contribution is 5.97. The first-order valence-electron chi connectivity index (χ1n) is 4.73. The number of ketones is 1. The van der Waals surface area contributed by atoms with E-state index in [0.717, 1.165) is 0 Å². The Balaban J connectivity index is 2.88. The lowest BCUT2D eigenvalue weighted by molar-refractivity contribution is 0.0972. The Hall–Kier alpha value is -1.69. The zero-order chi connectivity index (χ0) is 11.4. The van der Waals surface area contributed by atoms with Gasteiger partial charge in [0.25, 0.3) is 0 Å². The van der Waals surface area contributed by atoms with Crippen LogP contribution in [0.15, 0.2) is 18.2 Å². The molecule has 0 heterocycles. The molecule has 0 aromatic heterocycles. The molecule has 0 fully saturated rings. The summed E-state index contributed by atoms with van der Waals surface area (Å²) >= 11 is 0. The van der Waals surface area contributed by atoms with Gasteiger partial charge in [0, 0.05) is 12.0 Å². The summed E-state index contributed by atoms with van der Waals surface area (Å²) in [5.74, 6) is -0.763. The molecule has 0 saturated heterocycles. The fraction of sp³-hybridized carbons (Fsp3) is 0.333. The summed E-state index contributed by atoms with van der Waals surface area (Å²) < 4.78 is 12.8. The summed E-state index contributed by atoms with van der Waals surface area (Å²) in [7, 11) is 0. The maximum absolute atomic E-state index is 12.8. The van der Waals surface area contributed by atoms with Gasteiger partial charge < -0.3 is 0 Å². The van der Waals surface area contributed by atoms with E-state index in [1.807, 2.05) is 6.07 Å². The first kappa shape index (κ1) is 11.4. The summed E-state index contributed by atoms with van der Waals surface area (Å²) in [5, 5.41) is 8.58. The van der Waals surface area contributed by atoms with Crippen molar-refractivity contribution in [2.75, 3.05) is 0 Å². The Morgan fingerprint density at radius 2 is 2.27 bits per heavy atom. The molecule has 1 rings (SSSR count). The largest absolute Gasteiger partial charge is 0.294 e. The van der Waals surface area contributed by atoms with Gasteiger partial charge in [0.1, 0.15) is 5.82 Å². The van der Waals surface area contributed by atoms with Crippen molar-refractivity contribution in [3.05, 3.63) is 35.1 Å². The molecular formula is C12H12FNO. The van der Waals surface area contributed by atoms with Crippen molar-refractivity contribution >= 4 is 5.78 Å². The quantitative estimate of drug-likeness (QED) is 0.712. The highest BCUT2D eigenvalue weighted by atomic mass is 19.1. The molecule has 0 bridgehead atoms. The van der Waals surface area contributed by atoms with Crippen molar-refractivity contribution < 1.29 is 9.18 Å². The van der Waals surface area contributed by atoms with Crippen LogP contribution in [0.1, 0.15) is 29.3 Å². The van der Waals surface area contributed by atoms with E-state index in [2.05, 4.69) is 0 Å². The summed E-state index contributed by atoms with van der Waals surface area (Å²) in [6.45, 7) is 3.38. The molecule has 0 N–H and O–H groups in total. The lowest BCUT2D eigenvalue weighted by Gasteiger charge is -2.05. The van der Waals surface area contributed by atoms with Gasteiger partial charge in [-0.1, -0.05) is 0 Å². The molecule has 1 aromatic rings. The number of hydrogen-bond donors (Lipinski definition) is 0. The minimum Gasteiger partial charge on any atom is -0.294 e. The van der Waals surface area contributed by atoms with Gasteiger partial charge in [0.2, 0.25) is 0 Å². The molecule has 0 amide bonds. The Kier molecular flexibility index (Phi) is 3.56. The van der Waals surface area contributed by atoms with Gasteiger partial charge in [0.15, 0.2) is 5.78 Å². The van der Waals surface area contributed by atoms with E-state index in [1.54, 1.807) is 13.8 Å². The molecule has 15 heavy (non-hydrogen) atoms. The standard InChI is InChI=1S/C12H12FNO/c1-8(7-14)5-12(15)11-4-3-10(13)6-9(11)2/h3-4,6,8H,5H2,1-2H3. The van der Waals surface area contributed by atoms with Gasteiger partial charge in [0.05, 0.1) is 12.0 Å². The second-order valence-corrected chi connectivity index (χ2v) is 3.62. The number of carbonyl (C=O) groups is 1. The van der Waals surface area contributed by atoms with Crippen LogP contribution in [0, 0.1) is 30.0 Å². The average molecular weight is 205 g/mol. The van der Waals surface area contributed by atoms with Crippen LogP contribution in [0.4, 0.5) is 4.39 Å². The number of nitrogens with zero attached hydrogens (tertiary/aromatic N) is 1. The van der Waals surface area contributed by atoms with Crippen molar-refractivity contribution in [1.29, 1.82) is 5.26 Å². The number of halogens is 1. The number of hydrogen-bond acceptors (Lipinski definition) is 2. The third-order valence-electron chi connectivity index (χ3n) is 2.20. The molecule has 0 aliphatic heterocycles. The van der Waals surface area contributed by atoms with Crippen LogP contribution >= 0.6 is 0 Å². The average Bonchev–Trinajstić information content (AvgIpc) is 2.17. The van der Waals surface area contributed by atoms with E-state index in [9.17, 15) is 9.18 Å². The van der Waals surface area contributed by atoms with E-state index in [-0.39, 0.29) is 23.9 Å². The second-order valence-electron chi connectivity index (χ2n) is 3.62. The minimum atomic E-state index is -0.350. The van der Waals surface area contributed by atoms with Crippen LogP contribution in [0.25, 0.3) is 0 Å². The van der Waals surface area contributed by atoms with E-state index in [1.165, 1.54) is 18.2 Å². The molecule has 78 valence electrons. The molecule has 0 aliphatic carbocycles. The molecule has 0 radical (unpaired) electrons. The predicted molar refractivity (Wildman–Crippen MR) is 54.9 cm³/mol. The molecule has 1 aromatic carbocycles. The van der Waals surface area contributed by atoms with Crippen LogP contribution < -0.4 is 0 Å². The molecular weight excluding hydrogens is 193 g/mol. The van der Waals surface area contributed by atoms with E-state index in [0.29, 0.717) is 11.1 Å². The zero-order valence-corrected chi connectivity index (χ0v) is 8.75. The maximum Gasteiger partial charge on any atom is 0.164 e. The highest BCUT2D eigenvalue weighted by Crippen LogP contribution is 2.14. The lowest BCUT2D eigenvalue weighted by Crippen LogP contribution is -2.06. The van der Waals surface area contributed by atoms with Gasteiger partial charge in [-0.15, -0.1) is 0 Å². The fourth-order valence-corrected chi connectivity index (χ4v) is 1.37. The van der Waals surface area contributed by atoms with Gasteiger partial charge in [-0.25, -0.2) is 4.39 Å². The fourth-order valence-electron chi connectivity index (χ4n) is 1.37.